The van der Waals surface area contributed by atoms with E-state index in [-0.39, 0.29) is 11.5 Å². The first-order valence-electron chi connectivity index (χ1n) is 13.6. The van der Waals surface area contributed by atoms with Gasteiger partial charge in [0.05, 0.1) is 24.2 Å². The van der Waals surface area contributed by atoms with Gasteiger partial charge in [0.1, 0.15) is 11.6 Å². The van der Waals surface area contributed by atoms with Gasteiger partial charge in [-0.05, 0) is 124 Å². The molecule has 0 aromatic heterocycles. The number of aryl methyl sites for hydroxylation is 1. The minimum Gasteiger partial charge on any atom is -0.493 e. The number of ether oxygens (including phenoxy) is 2. The van der Waals surface area contributed by atoms with Gasteiger partial charge in [0.2, 0.25) is 10.0 Å². The molecule has 0 spiro atoms. The SMILES string of the molecule is Cc1cc(-c2c(C)c(-c3ccc4c(c3C)CCCO4)c([C@H](OC(C)(C)C)C(=O)O)c(C)c2NS(C)(=O)=O)ccc1F. The second-order valence-electron chi connectivity index (χ2n) is 11.7. The Balaban J connectivity index is 2.21. The molecule has 0 bridgehead atoms. The van der Waals surface area contributed by atoms with Crippen LogP contribution in [0.2, 0.25) is 0 Å². The molecule has 3 aromatic rings. The number of benzene rings is 3. The summed E-state index contributed by atoms with van der Waals surface area (Å²) in [5.41, 5.74) is 5.83. The van der Waals surface area contributed by atoms with E-state index < -0.39 is 27.7 Å². The van der Waals surface area contributed by atoms with E-state index in [9.17, 15) is 22.7 Å². The zero-order valence-corrected chi connectivity index (χ0v) is 25.7. The molecule has 0 unspecified atom stereocenters. The van der Waals surface area contributed by atoms with Crippen LogP contribution in [0.4, 0.5) is 10.1 Å². The maximum absolute atomic E-state index is 14.3. The fraction of sp³-hybridized carbons (Fsp3) is 0.406. The Hall–Kier alpha value is -3.43. The Morgan fingerprint density at radius 2 is 1.73 bits per heavy atom. The predicted octanol–water partition coefficient (Wildman–Crippen LogP) is 7.03. The number of hydrogen-bond donors (Lipinski definition) is 2. The van der Waals surface area contributed by atoms with E-state index in [1.165, 1.54) is 6.07 Å². The summed E-state index contributed by atoms with van der Waals surface area (Å²) >= 11 is 0. The number of anilines is 1. The number of fused-ring (bicyclic) bond motifs is 1. The lowest BCUT2D eigenvalue weighted by Gasteiger charge is -2.32. The molecule has 1 heterocycles. The van der Waals surface area contributed by atoms with Crippen molar-refractivity contribution in [1.29, 1.82) is 0 Å². The van der Waals surface area contributed by atoms with Gasteiger partial charge < -0.3 is 14.6 Å². The topological polar surface area (TPSA) is 102 Å². The molecule has 1 aliphatic rings. The molecule has 1 atom stereocenters. The van der Waals surface area contributed by atoms with Crippen LogP contribution in [0.1, 0.15) is 66.7 Å². The molecular weight excluding hydrogens is 545 g/mol. The van der Waals surface area contributed by atoms with E-state index in [0.29, 0.717) is 45.6 Å². The van der Waals surface area contributed by atoms with Crippen LogP contribution in [0.3, 0.4) is 0 Å². The van der Waals surface area contributed by atoms with Crippen molar-refractivity contribution in [2.45, 2.75) is 73.0 Å². The van der Waals surface area contributed by atoms with E-state index in [2.05, 4.69) is 4.72 Å². The minimum atomic E-state index is -3.79. The average Bonchev–Trinajstić information content (AvgIpc) is 2.86. The van der Waals surface area contributed by atoms with E-state index in [4.69, 9.17) is 9.47 Å². The van der Waals surface area contributed by atoms with Gasteiger partial charge >= 0.3 is 5.97 Å². The van der Waals surface area contributed by atoms with Gasteiger partial charge in [-0.15, -0.1) is 0 Å². The van der Waals surface area contributed by atoms with E-state index >= 15 is 0 Å². The number of hydrogen-bond acceptors (Lipinski definition) is 5. The molecule has 0 fully saturated rings. The quantitative estimate of drug-likeness (QED) is 0.310. The normalized spacial score (nSPS) is 14.3. The van der Waals surface area contributed by atoms with Crippen LogP contribution in [0, 0.1) is 33.5 Å². The lowest BCUT2D eigenvalue weighted by molar-refractivity contribution is -0.160. The van der Waals surface area contributed by atoms with Crippen LogP contribution in [-0.2, 0) is 26.0 Å². The van der Waals surface area contributed by atoms with Crippen molar-refractivity contribution in [2.75, 3.05) is 17.6 Å². The Morgan fingerprint density at radius 3 is 2.32 bits per heavy atom. The maximum Gasteiger partial charge on any atom is 0.337 e. The molecule has 0 radical (unpaired) electrons. The van der Waals surface area contributed by atoms with Crippen molar-refractivity contribution in [3.05, 3.63) is 69.5 Å². The Bertz CT molecular complexity index is 1640. The molecular formula is C32H38FNO6S. The van der Waals surface area contributed by atoms with Gasteiger partial charge in [0.15, 0.2) is 6.10 Å². The molecule has 3 aromatic carbocycles. The summed E-state index contributed by atoms with van der Waals surface area (Å²) in [6, 6.07) is 8.45. The first-order chi connectivity index (χ1) is 19.0. The van der Waals surface area contributed by atoms with Crippen molar-refractivity contribution in [3.63, 3.8) is 0 Å². The van der Waals surface area contributed by atoms with Gasteiger partial charge in [-0.2, -0.15) is 0 Å². The van der Waals surface area contributed by atoms with Crippen LogP contribution >= 0.6 is 0 Å². The van der Waals surface area contributed by atoms with Gasteiger partial charge in [-0.3, -0.25) is 4.72 Å². The first-order valence-corrected chi connectivity index (χ1v) is 15.5. The largest absolute Gasteiger partial charge is 0.493 e. The van der Waals surface area contributed by atoms with Crippen molar-refractivity contribution >= 4 is 21.7 Å². The fourth-order valence-electron chi connectivity index (χ4n) is 5.64. The van der Waals surface area contributed by atoms with Crippen molar-refractivity contribution < 1.29 is 32.2 Å². The minimum absolute atomic E-state index is 0.234. The Kier molecular flexibility index (Phi) is 8.26. The van der Waals surface area contributed by atoms with Crippen molar-refractivity contribution in [3.8, 4) is 28.0 Å². The number of sulfonamides is 1. The van der Waals surface area contributed by atoms with Gasteiger partial charge in [-0.25, -0.2) is 17.6 Å². The summed E-state index contributed by atoms with van der Waals surface area (Å²) in [6.07, 6.45) is 1.33. The predicted molar refractivity (Wildman–Crippen MR) is 160 cm³/mol. The summed E-state index contributed by atoms with van der Waals surface area (Å²) in [5, 5.41) is 10.5. The standard InChI is InChI=1S/C32H38FNO6S/c1-17-16-21(11-13-24(17)33)26-19(3)27(23-12-14-25-22(18(23)2)10-9-15-39-25)28(20(4)29(26)34-41(8,37)38)30(31(35)36)40-32(5,6)7/h11-14,16,30,34H,9-10,15H2,1-8H3,(H,35,36)/t30-/m0/s1. The van der Waals surface area contributed by atoms with Crippen molar-refractivity contribution in [2.24, 2.45) is 0 Å². The summed E-state index contributed by atoms with van der Waals surface area (Å²) in [4.78, 5) is 12.9. The third kappa shape index (κ3) is 6.26. The van der Waals surface area contributed by atoms with E-state index in [0.717, 1.165) is 41.5 Å². The van der Waals surface area contributed by atoms with Crippen LogP contribution in [0.5, 0.6) is 5.75 Å². The Labute approximate surface area is 241 Å². The smallest absolute Gasteiger partial charge is 0.337 e. The maximum atomic E-state index is 14.3. The molecule has 1 aliphatic heterocycles. The molecule has 0 saturated carbocycles. The van der Waals surface area contributed by atoms with E-state index in [1.54, 1.807) is 46.8 Å². The fourth-order valence-corrected chi connectivity index (χ4v) is 6.27. The molecule has 7 nitrogen and oxygen atoms in total. The number of halogens is 1. The molecule has 0 aliphatic carbocycles. The molecule has 0 saturated heterocycles. The van der Waals surface area contributed by atoms with Crippen LogP contribution in [-0.4, -0.2) is 38.0 Å². The Morgan fingerprint density at radius 1 is 1.05 bits per heavy atom. The monoisotopic (exact) mass is 583 g/mol. The average molecular weight is 584 g/mol. The second kappa shape index (κ2) is 11.1. The molecule has 9 heteroatoms. The van der Waals surface area contributed by atoms with Gasteiger partial charge in [-0.1, -0.05) is 12.1 Å². The van der Waals surface area contributed by atoms with Crippen LogP contribution in [0.25, 0.3) is 22.3 Å². The van der Waals surface area contributed by atoms with Crippen LogP contribution in [0.15, 0.2) is 30.3 Å². The lowest BCUT2D eigenvalue weighted by atomic mass is 9.80. The van der Waals surface area contributed by atoms with Gasteiger partial charge in [0.25, 0.3) is 0 Å². The van der Waals surface area contributed by atoms with Crippen LogP contribution < -0.4 is 9.46 Å². The molecule has 2 N–H and O–H groups in total. The number of carboxylic acids is 1. The summed E-state index contributed by atoms with van der Waals surface area (Å²) < 4.78 is 54.3. The lowest BCUT2D eigenvalue weighted by Crippen LogP contribution is -2.29. The van der Waals surface area contributed by atoms with Crippen molar-refractivity contribution in [1.82, 2.24) is 0 Å². The summed E-state index contributed by atoms with van der Waals surface area (Å²) in [6.45, 7) is 13.1. The molecule has 4 rings (SSSR count). The van der Waals surface area contributed by atoms with Gasteiger partial charge in [0, 0.05) is 11.1 Å². The number of aliphatic carboxylic acids is 1. The number of carbonyl (C=O) groups is 1. The first kappa shape index (κ1) is 30.5. The summed E-state index contributed by atoms with van der Waals surface area (Å²) in [5.74, 6) is -0.773. The number of rotatable bonds is 7. The number of nitrogens with one attached hydrogen (secondary N) is 1. The zero-order chi connectivity index (χ0) is 30.4. The highest BCUT2D eigenvalue weighted by Gasteiger charge is 2.35. The molecule has 41 heavy (non-hydrogen) atoms. The highest BCUT2D eigenvalue weighted by atomic mass is 32.2. The highest BCUT2D eigenvalue weighted by Crippen LogP contribution is 2.49. The molecule has 0 amide bonds. The third-order valence-electron chi connectivity index (χ3n) is 7.39. The second-order valence-corrected chi connectivity index (χ2v) is 13.5. The highest BCUT2D eigenvalue weighted by molar-refractivity contribution is 7.92. The third-order valence-corrected chi connectivity index (χ3v) is 7.97. The zero-order valence-electron chi connectivity index (χ0n) is 24.9. The summed E-state index contributed by atoms with van der Waals surface area (Å²) in [7, 11) is -3.79. The number of carboxylic acid groups (broad SMARTS) is 1. The molecule has 220 valence electrons. The van der Waals surface area contributed by atoms with E-state index in [1.807, 2.05) is 26.0 Å².